The van der Waals surface area contributed by atoms with E-state index in [1.165, 1.54) is 12.8 Å². The molecule has 28 heavy (non-hydrogen) atoms. The lowest BCUT2D eigenvalue weighted by Crippen LogP contribution is -2.43. The minimum Gasteiger partial charge on any atom is -0.464 e. The van der Waals surface area contributed by atoms with Crippen LogP contribution in [0.5, 0.6) is 0 Å². The number of esters is 1. The van der Waals surface area contributed by atoms with Crippen LogP contribution in [-0.2, 0) is 19.0 Å². The molecule has 1 N–H and O–H groups in total. The number of unbranched alkanes of at least 4 members (excludes halogenated alkanes) is 2. The van der Waals surface area contributed by atoms with E-state index in [9.17, 15) is 9.59 Å². The lowest BCUT2D eigenvalue weighted by molar-refractivity contribution is -0.144. The van der Waals surface area contributed by atoms with E-state index in [-0.39, 0.29) is 12.5 Å². The van der Waals surface area contributed by atoms with Crippen molar-refractivity contribution in [2.75, 3.05) is 32.3 Å². The van der Waals surface area contributed by atoms with Gasteiger partial charge >= 0.3 is 5.97 Å². The van der Waals surface area contributed by atoms with E-state index in [2.05, 4.69) is 12.2 Å². The van der Waals surface area contributed by atoms with Gasteiger partial charge in [-0.3, -0.25) is 4.79 Å². The molecule has 0 saturated carbocycles. The molecule has 0 aromatic heterocycles. The molecule has 0 bridgehead atoms. The van der Waals surface area contributed by atoms with Gasteiger partial charge in [-0.1, -0.05) is 53.5 Å². The summed E-state index contributed by atoms with van der Waals surface area (Å²) >= 11 is 0. The van der Waals surface area contributed by atoms with Crippen LogP contribution in [0.1, 0.15) is 55.3 Å². The van der Waals surface area contributed by atoms with Crippen LogP contribution < -0.4 is 5.32 Å². The van der Waals surface area contributed by atoms with Crippen LogP contribution in [0.15, 0.2) is 24.3 Å². The van der Waals surface area contributed by atoms with Gasteiger partial charge in [0.05, 0.1) is 6.61 Å². The maximum absolute atomic E-state index is 12.6. The van der Waals surface area contributed by atoms with Gasteiger partial charge in [-0.2, -0.15) is 0 Å². The molecular formula is C20H31NO5S2. The molecule has 1 amide bonds. The van der Waals surface area contributed by atoms with Crippen LogP contribution >= 0.6 is 21.6 Å². The highest BCUT2D eigenvalue weighted by atomic mass is 33.1. The number of hydrogen-bond acceptors (Lipinski definition) is 7. The van der Waals surface area contributed by atoms with E-state index in [1.807, 2.05) is 0 Å². The fraction of sp³-hybridized carbons (Fsp3) is 0.600. The van der Waals surface area contributed by atoms with Crippen LogP contribution in [0.4, 0.5) is 0 Å². The fourth-order valence-electron chi connectivity index (χ4n) is 2.40. The molecule has 8 heteroatoms. The molecule has 1 aromatic carbocycles. The highest BCUT2D eigenvalue weighted by Gasteiger charge is 2.23. The Morgan fingerprint density at radius 2 is 1.71 bits per heavy atom. The number of carbonyl (C=O) groups is 2. The second kappa shape index (κ2) is 14.7. The first-order chi connectivity index (χ1) is 13.6. The van der Waals surface area contributed by atoms with Crippen LogP contribution in [0, 0.1) is 0 Å². The van der Waals surface area contributed by atoms with Gasteiger partial charge in [-0.05, 0) is 25.5 Å². The number of benzene rings is 1. The summed E-state index contributed by atoms with van der Waals surface area (Å²) in [6.07, 6.45) is 3.06. The molecule has 0 aliphatic heterocycles. The standard InChI is InChI=1S/C20H31NO5S2/c1-5-7-8-13-27-28-14-17(19(23)26-6-2)21-18(22)15-9-11-16(12-10-15)20(24-3)25-4/h9-12,17,20H,5-8,13-14H2,1-4H3,(H,21,22)/t17-/m0/s1. The highest BCUT2D eigenvalue weighted by molar-refractivity contribution is 8.76. The highest BCUT2D eigenvalue weighted by Crippen LogP contribution is 2.24. The summed E-state index contributed by atoms with van der Waals surface area (Å²) < 4.78 is 15.5. The van der Waals surface area contributed by atoms with Crippen molar-refractivity contribution in [2.45, 2.75) is 45.4 Å². The Morgan fingerprint density at radius 3 is 2.29 bits per heavy atom. The van der Waals surface area contributed by atoms with Crippen molar-refractivity contribution in [1.82, 2.24) is 5.32 Å². The first-order valence-corrected chi connectivity index (χ1v) is 11.9. The van der Waals surface area contributed by atoms with Crippen molar-refractivity contribution >= 4 is 33.5 Å². The number of ether oxygens (including phenoxy) is 3. The molecule has 0 aliphatic carbocycles. The van der Waals surface area contributed by atoms with Crippen molar-refractivity contribution in [3.05, 3.63) is 35.4 Å². The van der Waals surface area contributed by atoms with Crippen LogP contribution in [0.25, 0.3) is 0 Å². The lowest BCUT2D eigenvalue weighted by Gasteiger charge is -2.17. The average molecular weight is 430 g/mol. The van der Waals surface area contributed by atoms with E-state index < -0.39 is 18.3 Å². The van der Waals surface area contributed by atoms with E-state index in [4.69, 9.17) is 14.2 Å². The van der Waals surface area contributed by atoms with E-state index >= 15 is 0 Å². The molecule has 1 aromatic rings. The van der Waals surface area contributed by atoms with Gasteiger partial charge in [0.25, 0.3) is 5.91 Å². The van der Waals surface area contributed by atoms with E-state index in [0.717, 1.165) is 17.7 Å². The van der Waals surface area contributed by atoms with Crippen LogP contribution in [0.2, 0.25) is 0 Å². The number of methoxy groups -OCH3 is 2. The molecule has 6 nitrogen and oxygen atoms in total. The Morgan fingerprint density at radius 1 is 1.04 bits per heavy atom. The molecule has 0 heterocycles. The van der Waals surface area contributed by atoms with Crippen molar-refractivity contribution in [2.24, 2.45) is 0 Å². The molecule has 0 unspecified atom stereocenters. The summed E-state index contributed by atoms with van der Waals surface area (Å²) in [5, 5.41) is 2.79. The summed E-state index contributed by atoms with van der Waals surface area (Å²) in [4.78, 5) is 24.8. The number of carbonyl (C=O) groups excluding carboxylic acids is 2. The first-order valence-electron chi connectivity index (χ1n) is 9.44. The zero-order valence-corrected chi connectivity index (χ0v) is 18.7. The van der Waals surface area contributed by atoms with Crippen molar-refractivity contribution < 1.29 is 23.8 Å². The SMILES string of the molecule is CCCCCSSC[C@H](NC(=O)c1ccc(C(OC)OC)cc1)C(=O)OCC. The minimum absolute atomic E-state index is 0.281. The molecule has 0 fully saturated rings. The predicted molar refractivity (Wildman–Crippen MR) is 116 cm³/mol. The van der Waals surface area contributed by atoms with Gasteiger partial charge in [0, 0.05) is 36.9 Å². The Bertz CT molecular complexity index is 578. The smallest absolute Gasteiger partial charge is 0.329 e. The molecule has 1 atom stereocenters. The monoisotopic (exact) mass is 429 g/mol. The molecule has 0 radical (unpaired) electrons. The maximum Gasteiger partial charge on any atom is 0.329 e. The van der Waals surface area contributed by atoms with E-state index in [1.54, 1.807) is 67.0 Å². The van der Waals surface area contributed by atoms with Gasteiger partial charge in [0.15, 0.2) is 6.29 Å². The number of nitrogens with one attached hydrogen (secondary N) is 1. The first kappa shape index (κ1) is 24.8. The van der Waals surface area contributed by atoms with Crippen LogP contribution in [-0.4, -0.2) is 50.3 Å². The summed E-state index contributed by atoms with van der Waals surface area (Å²) in [6, 6.07) is 6.23. The van der Waals surface area contributed by atoms with Crippen molar-refractivity contribution in [3.8, 4) is 0 Å². The van der Waals surface area contributed by atoms with Gasteiger partial charge in [-0.15, -0.1) is 0 Å². The average Bonchev–Trinajstić information content (AvgIpc) is 2.71. The topological polar surface area (TPSA) is 73.9 Å². The Balaban J connectivity index is 2.65. The van der Waals surface area contributed by atoms with Gasteiger partial charge in [-0.25, -0.2) is 4.79 Å². The van der Waals surface area contributed by atoms with Crippen LogP contribution in [0.3, 0.4) is 0 Å². The molecule has 0 saturated heterocycles. The third kappa shape index (κ3) is 8.86. The maximum atomic E-state index is 12.6. The molecule has 0 spiro atoms. The second-order valence-electron chi connectivity index (χ2n) is 6.02. The summed E-state index contributed by atoms with van der Waals surface area (Å²) in [7, 11) is 6.41. The number of amides is 1. The number of hydrogen-bond donors (Lipinski definition) is 1. The van der Waals surface area contributed by atoms with Gasteiger partial charge in [0.1, 0.15) is 6.04 Å². The number of rotatable bonds is 14. The fourth-order valence-corrected chi connectivity index (χ4v) is 4.69. The summed E-state index contributed by atoms with van der Waals surface area (Å²) in [5.41, 5.74) is 1.27. The predicted octanol–water partition coefficient (Wildman–Crippen LogP) is 4.21. The third-order valence-electron chi connectivity index (χ3n) is 3.90. The summed E-state index contributed by atoms with van der Waals surface area (Å²) in [5.74, 6) is 0.777. The molecule has 0 aliphatic rings. The zero-order chi connectivity index (χ0) is 20.8. The lowest BCUT2D eigenvalue weighted by atomic mass is 10.1. The molecule has 1 rings (SSSR count). The third-order valence-corrected chi connectivity index (χ3v) is 6.40. The molecular weight excluding hydrogens is 398 g/mol. The Labute approximate surface area is 175 Å². The zero-order valence-electron chi connectivity index (χ0n) is 17.1. The summed E-state index contributed by atoms with van der Waals surface area (Å²) in [6.45, 7) is 4.20. The van der Waals surface area contributed by atoms with Gasteiger partial charge in [0.2, 0.25) is 0 Å². The van der Waals surface area contributed by atoms with Crippen molar-refractivity contribution in [3.63, 3.8) is 0 Å². The largest absolute Gasteiger partial charge is 0.464 e. The minimum atomic E-state index is -0.679. The van der Waals surface area contributed by atoms with Crippen molar-refractivity contribution in [1.29, 1.82) is 0 Å². The quantitative estimate of drug-likeness (QED) is 0.205. The molecule has 158 valence electrons. The Hall–Kier alpha value is -1.22. The van der Waals surface area contributed by atoms with E-state index in [0.29, 0.717) is 11.3 Å². The van der Waals surface area contributed by atoms with Gasteiger partial charge < -0.3 is 19.5 Å². The Kier molecular flexibility index (Phi) is 13.1. The second-order valence-corrected chi connectivity index (χ2v) is 8.64. The normalized spacial score (nSPS) is 12.0.